The van der Waals surface area contributed by atoms with Gasteiger partial charge in [0, 0.05) is 144 Å². The van der Waals surface area contributed by atoms with Gasteiger partial charge < -0.3 is 64.0 Å². The molecule has 0 spiro atoms. The van der Waals surface area contributed by atoms with Gasteiger partial charge in [-0.25, -0.2) is 0 Å². The highest BCUT2D eigenvalue weighted by molar-refractivity contribution is 5.81. The summed E-state index contributed by atoms with van der Waals surface area (Å²) in [4.78, 5) is 93.3. The van der Waals surface area contributed by atoms with Crippen molar-refractivity contribution in [1.29, 1.82) is 0 Å². The molecule has 0 aromatic heterocycles. The molecular weight excluding hydrogens is 1820 g/mol. The van der Waals surface area contributed by atoms with E-state index < -0.39 is 66.2 Å². The van der Waals surface area contributed by atoms with Crippen molar-refractivity contribution < 1.29 is 97.6 Å². The number of carbonyl (C=O) groups excluding carboxylic acids is 7. The molecule has 3 atom stereocenters. The number of ether oxygens (including phenoxy) is 7. The molecule has 3 unspecified atom stereocenters. The molecule has 5 N–H and O–H groups in total. The van der Waals surface area contributed by atoms with Crippen LogP contribution in [0.4, 0.5) is 0 Å². The van der Waals surface area contributed by atoms with Crippen LogP contribution in [0.3, 0.4) is 0 Å². The molecular formula is C118H278N6O20. The Morgan fingerprint density at radius 2 is 0.444 bits per heavy atom. The van der Waals surface area contributed by atoms with Crippen LogP contribution in [0, 0.1) is 38.9 Å². The summed E-state index contributed by atoms with van der Waals surface area (Å²) in [6, 6.07) is 0. The average molecular weight is 2100 g/mol. The fourth-order valence-corrected chi connectivity index (χ4v) is 19.0. The van der Waals surface area contributed by atoms with Crippen molar-refractivity contribution >= 4 is 41.8 Å². The quantitative estimate of drug-likeness (QED) is 0.0469. The number of hydrogen-bond donors (Lipinski definition) is 5. The highest BCUT2D eigenvalue weighted by Gasteiger charge is 2.55. The van der Waals surface area contributed by atoms with Crippen LogP contribution in [0.25, 0.3) is 0 Å². The minimum atomic E-state index is -0.864. The Balaban J connectivity index is -0.0000000521. The molecule has 6 heterocycles. The minimum absolute atomic E-state index is 0. The van der Waals surface area contributed by atoms with E-state index in [9.17, 15) is 59.6 Å². The summed E-state index contributed by atoms with van der Waals surface area (Å²) in [5.74, 6) is -2.09. The van der Waals surface area contributed by atoms with Crippen molar-refractivity contribution in [3.8, 4) is 0 Å². The molecule has 0 aliphatic carbocycles. The molecule has 0 radical (unpaired) electrons. The van der Waals surface area contributed by atoms with Gasteiger partial charge in [-0.3, -0.25) is 33.6 Å². The van der Waals surface area contributed by atoms with Crippen LogP contribution in [0.2, 0.25) is 0 Å². The Labute approximate surface area is 906 Å². The number of rotatable bonds is 23. The topological polar surface area (TPSA) is 314 Å². The van der Waals surface area contributed by atoms with E-state index in [1.807, 2.05) is 247 Å². The maximum Gasteiger partial charge on any atom is 0.311 e. The van der Waals surface area contributed by atoms with Crippen LogP contribution in [0.15, 0.2) is 0 Å². The highest BCUT2D eigenvalue weighted by Crippen LogP contribution is 2.47. The summed E-state index contributed by atoms with van der Waals surface area (Å²) >= 11 is 0. The molecule has 26 heteroatoms. The average Bonchev–Trinajstić information content (AvgIpc) is 0.778. The first-order chi connectivity index (χ1) is 52.7. The van der Waals surface area contributed by atoms with E-state index in [4.69, 9.17) is 38.0 Å². The fourth-order valence-electron chi connectivity index (χ4n) is 19.0. The zero-order valence-corrected chi connectivity index (χ0v) is 82.1. The Kier molecular flexibility index (Phi) is 106. The number of piperidine rings is 6. The summed E-state index contributed by atoms with van der Waals surface area (Å²) in [5.41, 5.74) is -8.11. The summed E-state index contributed by atoms with van der Waals surface area (Å²) in [6.45, 7) is 76.0. The zero-order chi connectivity index (χ0) is 92.7. The van der Waals surface area contributed by atoms with Crippen molar-refractivity contribution in [2.24, 2.45) is 38.9 Å². The van der Waals surface area contributed by atoms with E-state index in [1.165, 1.54) is 32.4 Å². The van der Waals surface area contributed by atoms with Crippen LogP contribution < -0.4 is 0 Å². The van der Waals surface area contributed by atoms with E-state index in [1.54, 1.807) is 7.11 Å². The largest absolute Gasteiger partial charge is 0.469 e. The number of nitrogens with zero attached hydrogens (tertiary/aromatic N) is 6. The first-order valence-electron chi connectivity index (χ1n) is 43.9. The van der Waals surface area contributed by atoms with Gasteiger partial charge >= 0.3 is 41.8 Å². The second kappa shape index (κ2) is 74.7. The van der Waals surface area contributed by atoms with Gasteiger partial charge in [0.1, 0.15) is 36.6 Å². The van der Waals surface area contributed by atoms with Gasteiger partial charge in [0.05, 0.1) is 53.1 Å². The number of esters is 7. The Bertz CT molecular complexity index is 3210. The van der Waals surface area contributed by atoms with Crippen LogP contribution in [-0.4, -0.2) is 216 Å². The third-order valence-electron chi connectivity index (χ3n) is 26.3. The van der Waals surface area contributed by atoms with Crippen molar-refractivity contribution in [3.05, 3.63) is 0 Å². The molecule has 26 nitrogen and oxygen atoms in total. The maximum atomic E-state index is 13.2. The second-order valence-electron chi connectivity index (χ2n) is 45.9. The molecule has 0 aromatic rings. The predicted octanol–water partition coefficient (Wildman–Crippen LogP) is 35.7. The monoisotopic (exact) mass is 2100 g/mol. The first-order valence-corrected chi connectivity index (χ1v) is 43.9. The van der Waals surface area contributed by atoms with Crippen LogP contribution in [0.1, 0.15) is 585 Å². The number of hydroxylamine groups is 12. The van der Waals surface area contributed by atoms with Gasteiger partial charge in [0.2, 0.25) is 0 Å². The molecule has 6 fully saturated rings. The molecule has 6 saturated heterocycles. The van der Waals surface area contributed by atoms with E-state index in [0.29, 0.717) is 89.9 Å². The lowest BCUT2D eigenvalue weighted by molar-refractivity contribution is -0.278. The Morgan fingerprint density at radius 1 is 0.264 bits per heavy atom. The van der Waals surface area contributed by atoms with Gasteiger partial charge in [0.25, 0.3) is 0 Å². The molecule has 0 bridgehead atoms. The van der Waals surface area contributed by atoms with Crippen molar-refractivity contribution in [2.45, 2.75) is 688 Å². The van der Waals surface area contributed by atoms with Gasteiger partial charge in [-0.1, -0.05) is 235 Å². The zero-order valence-electron chi connectivity index (χ0n) is 82.1. The van der Waals surface area contributed by atoms with Crippen molar-refractivity contribution in [2.75, 3.05) is 14.2 Å². The Hall–Kier alpha value is -4.19. The third-order valence-corrected chi connectivity index (χ3v) is 26.3. The number of carbonyl (C=O) groups is 7. The lowest BCUT2D eigenvalue weighted by Crippen LogP contribution is -2.61. The SMILES string of the molecule is C.C.C.C.C.C.C.C.C.C.C.C.C.C.C.C.C.C.C.C.C.C.C.C.C.C.CCC(C)(C)C(=O)OC1CC(C)(C)N(O)C(C)(C)C1.CCC(C)(C)C(=O)OC1CC(C)(C)N(OC)C(C)(C)C1.CCC(C)(CC(C)(C)C(=O)OC1CC(C)(C)N(O)C(C)(C)C1)C(=O)OC.CCC(C)C(=O)OC1CC(C)(C)N(O)C(C)(C)C1.CCC(CC(C)(C)C(=O)OC1CC(C)(C)N(O)C(C)(C)C1)C(=O)OC1CC(C)(C)N(O)C(C)(C)C1. The summed E-state index contributed by atoms with van der Waals surface area (Å²) < 4.78 is 39.7. The van der Waals surface area contributed by atoms with Gasteiger partial charge in [0.15, 0.2) is 0 Å². The van der Waals surface area contributed by atoms with E-state index in [-0.39, 0.29) is 311 Å². The van der Waals surface area contributed by atoms with Crippen molar-refractivity contribution in [1.82, 2.24) is 30.4 Å². The van der Waals surface area contributed by atoms with Crippen LogP contribution >= 0.6 is 0 Å². The Morgan fingerprint density at radius 3 is 0.618 bits per heavy atom. The minimum Gasteiger partial charge on any atom is -0.469 e. The van der Waals surface area contributed by atoms with Gasteiger partial charge in [-0.15, -0.1) is 0 Å². The van der Waals surface area contributed by atoms with E-state index in [0.717, 1.165) is 32.1 Å². The van der Waals surface area contributed by atoms with E-state index >= 15 is 0 Å². The molecule has 0 saturated carbocycles. The second-order valence-corrected chi connectivity index (χ2v) is 45.9. The standard InChI is InChI=1S/C27H50N2O6.C20H37NO5.C16H31NO3.C15H29NO3.C14H27NO3.26CH4/c1-12-18(21(30)34-19-14-24(4,5)28(32)25(6,7)15-19)13-23(2,3)22(31)35-20-16-26(8,9)29(33)27(10,11)17-20;1-10-20(8,16(23)25-9)13-17(2,3)15(22)26-14-11-18(4,5)21(24)19(6,7)12-14;1-9-14(2,3)13(18)20-12-10-15(4,5)17(19-8)16(6,7)11-12;1-8-13(2,3)12(17)19-11-9-14(4,5)16(18)15(6,7)10-11;1-7-10(2)12(16)18-11-8-13(3,4)15(17)14(5,6)9-11;;;;;;;;;;;;;;;;;;;;;;;;;;/h18-20,32-33H,12-17H2,1-11H3;14,24H,10-13H2,1-9H3;12H,9-11H2,1-8H3;11,18H,8-10H2,1-7H3;10-11,17H,7-9H2,1-6H3;26*1H4. The smallest absolute Gasteiger partial charge is 0.311 e. The lowest BCUT2D eigenvalue weighted by atomic mass is 9.72. The molecule has 6 aliphatic heterocycles. The third kappa shape index (κ3) is 54.4. The summed E-state index contributed by atoms with van der Waals surface area (Å²) in [6.07, 6.45) is 10.4. The predicted molar refractivity (Wildman–Crippen MR) is 634 cm³/mol. The summed E-state index contributed by atoms with van der Waals surface area (Å²) in [5, 5.41) is 60.7. The van der Waals surface area contributed by atoms with Crippen LogP contribution in [-0.2, 0) is 71.6 Å². The highest BCUT2D eigenvalue weighted by atomic mass is 16.7. The number of hydrogen-bond acceptors (Lipinski definition) is 26. The normalized spacial score (nSPS) is 20.2. The maximum absolute atomic E-state index is 13.2. The number of methoxy groups -OCH3 is 1. The molecule has 6 aliphatic rings. The molecule has 900 valence electrons. The van der Waals surface area contributed by atoms with Gasteiger partial charge in [-0.05, 0) is 273 Å². The molecule has 0 amide bonds. The molecule has 0 aromatic carbocycles. The summed E-state index contributed by atoms with van der Waals surface area (Å²) in [7, 11) is 3.07. The van der Waals surface area contributed by atoms with Crippen molar-refractivity contribution in [3.63, 3.8) is 0 Å². The van der Waals surface area contributed by atoms with Crippen LogP contribution in [0.5, 0.6) is 0 Å². The van der Waals surface area contributed by atoms with Gasteiger partial charge in [-0.2, -0.15) is 30.4 Å². The molecule has 144 heavy (non-hydrogen) atoms. The fraction of sp³-hybridized carbons (Fsp3) is 0.941. The lowest BCUT2D eigenvalue weighted by Gasteiger charge is -2.53. The first kappa shape index (κ1) is 204. The molecule has 6 rings (SSSR count). The van der Waals surface area contributed by atoms with E-state index in [2.05, 4.69) is 27.7 Å².